The first-order valence-corrected chi connectivity index (χ1v) is 8.37. The van der Waals surface area contributed by atoms with Crippen LogP contribution in [0.2, 0.25) is 0 Å². The minimum absolute atomic E-state index is 0.00232. The molecule has 7 nitrogen and oxygen atoms in total. The number of carbonyl (C=O) groups excluding carboxylic acids is 2. The van der Waals surface area contributed by atoms with Crippen LogP contribution in [0.3, 0.4) is 0 Å². The highest BCUT2D eigenvalue weighted by molar-refractivity contribution is 5.92. The molecule has 2 N–H and O–H groups in total. The topological polar surface area (TPSA) is 93.7 Å². The monoisotopic (exact) mass is 333 g/mol. The number of carbonyl (C=O) groups is 3. The summed E-state index contributed by atoms with van der Waals surface area (Å²) in [5, 5.41) is 9.21. The van der Waals surface area contributed by atoms with Gasteiger partial charge in [0.2, 0.25) is 5.91 Å². The highest BCUT2D eigenvalue weighted by Crippen LogP contribution is 2.41. The summed E-state index contributed by atoms with van der Waals surface area (Å²) in [5.74, 6) is -1.06. The van der Waals surface area contributed by atoms with Gasteiger partial charge in [-0.25, -0.2) is 4.79 Å². The lowest BCUT2D eigenvalue weighted by molar-refractivity contribution is -0.154. The first kappa shape index (κ1) is 16.5. The molecular weight excluding hydrogens is 310 g/mol. The lowest BCUT2D eigenvalue weighted by Gasteiger charge is -2.48. The number of carboxylic acids is 1. The van der Waals surface area contributed by atoms with Crippen molar-refractivity contribution in [3.8, 4) is 0 Å². The maximum atomic E-state index is 12.4. The third-order valence-corrected chi connectivity index (χ3v) is 5.46. The van der Waals surface area contributed by atoms with Gasteiger partial charge in [-0.3, -0.25) is 9.59 Å². The van der Waals surface area contributed by atoms with Gasteiger partial charge in [0.05, 0.1) is 0 Å². The molecule has 2 aliphatic rings. The number of carboxylic acid groups (broad SMARTS) is 1. The Morgan fingerprint density at radius 2 is 2.00 bits per heavy atom. The largest absolute Gasteiger partial charge is 0.480 e. The number of amides is 2. The average molecular weight is 333 g/mol. The Balaban J connectivity index is 1.65. The molecular formula is C17H23N3O4. The number of piperidine rings is 2. The van der Waals surface area contributed by atoms with Crippen molar-refractivity contribution in [2.24, 2.45) is 5.41 Å². The maximum absolute atomic E-state index is 12.4. The van der Waals surface area contributed by atoms with Gasteiger partial charge in [0.1, 0.15) is 11.7 Å². The van der Waals surface area contributed by atoms with Gasteiger partial charge >= 0.3 is 5.97 Å². The molecule has 1 atom stereocenters. The van der Waals surface area contributed by atoms with Crippen LogP contribution in [-0.2, 0) is 9.59 Å². The molecule has 1 aromatic heterocycles. The van der Waals surface area contributed by atoms with Gasteiger partial charge in [-0.05, 0) is 43.7 Å². The van der Waals surface area contributed by atoms with Gasteiger partial charge in [0.15, 0.2) is 0 Å². The van der Waals surface area contributed by atoms with E-state index in [0.29, 0.717) is 31.7 Å². The number of hydrogen-bond donors (Lipinski definition) is 2. The highest BCUT2D eigenvalue weighted by atomic mass is 16.4. The Hall–Kier alpha value is -2.31. The summed E-state index contributed by atoms with van der Waals surface area (Å²) < 4.78 is 0. The molecule has 0 aliphatic carbocycles. The second-order valence-electron chi connectivity index (χ2n) is 6.91. The quantitative estimate of drug-likeness (QED) is 0.873. The summed E-state index contributed by atoms with van der Waals surface area (Å²) in [7, 11) is 0. The van der Waals surface area contributed by atoms with E-state index in [9.17, 15) is 19.5 Å². The molecule has 2 aliphatic heterocycles. The van der Waals surface area contributed by atoms with Crippen molar-refractivity contribution in [2.45, 2.75) is 38.6 Å². The van der Waals surface area contributed by atoms with Crippen molar-refractivity contribution in [3.63, 3.8) is 0 Å². The molecule has 3 heterocycles. The SMILES string of the molecule is CC(C(=O)O)N1CC2(CCC1=O)CCN(C(=O)c1ccc[nH]1)CC2. The lowest BCUT2D eigenvalue weighted by Crippen LogP contribution is -2.55. The number of aliphatic carboxylic acids is 1. The first-order valence-electron chi connectivity index (χ1n) is 8.37. The fourth-order valence-electron chi connectivity index (χ4n) is 3.76. The van der Waals surface area contributed by atoms with Gasteiger partial charge in [0, 0.05) is 32.3 Å². The van der Waals surface area contributed by atoms with E-state index in [2.05, 4.69) is 4.98 Å². The van der Waals surface area contributed by atoms with E-state index in [1.54, 1.807) is 25.3 Å². The van der Waals surface area contributed by atoms with Crippen LogP contribution in [-0.4, -0.2) is 63.4 Å². The molecule has 1 aromatic rings. The van der Waals surface area contributed by atoms with E-state index in [0.717, 1.165) is 19.3 Å². The summed E-state index contributed by atoms with van der Waals surface area (Å²) in [5.41, 5.74) is 0.523. The van der Waals surface area contributed by atoms with Crippen molar-refractivity contribution < 1.29 is 19.5 Å². The second-order valence-corrected chi connectivity index (χ2v) is 6.91. The predicted octanol–water partition coefficient (Wildman–Crippen LogP) is 1.33. The minimum Gasteiger partial charge on any atom is -0.480 e. The Morgan fingerprint density at radius 3 is 2.58 bits per heavy atom. The van der Waals surface area contributed by atoms with E-state index in [1.807, 2.05) is 4.90 Å². The second kappa shape index (κ2) is 6.30. The highest BCUT2D eigenvalue weighted by Gasteiger charge is 2.44. The molecule has 2 saturated heterocycles. The van der Waals surface area contributed by atoms with Crippen LogP contribution < -0.4 is 0 Å². The summed E-state index contributed by atoms with van der Waals surface area (Å²) in [4.78, 5) is 42.0. The fraction of sp³-hybridized carbons (Fsp3) is 0.588. The zero-order valence-corrected chi connectivity index (χ0v) is 13.8. The lowest BCUT2D eigenvalue weighted by atomic mass is 9.72. The predicted molar refractivity (Wildman–Crippen MR) is 86.4 cm³/mol. The van der Waals surface area contributed by atoms with Crippen molar-refractivity contribution in [1.29, 1.82) is 0 Å². The zero-order chi connectivity index (χ0) is 17.3. The van der Waals surface area contributed by atoms with Crippen LogP contribution in [0.25, 0.3) is 0 Å². The minimum atomic E-state index is -0.972. The van der Waals surface area contributed by atoms with Crippen LogP contribution >= 0.6 is 0 Å². The number of aromatic nitrogens is 1. The number of nitrogens with zero attached hydrogens (tertiary/aromatic N) is 2. The Morgan fingerprint density at radius 1 is 1.29 bits per heavy atom. The smallest absolute Gasteiger partial charge is 0.326 e. The number of rotatable bonds is 3. The van der Waals surface area contributed by atoms with Crippen LogP contribution in [0.1, 0.15) is 43.1 Å². The van der Waals surface area contributed by atoms with E-state index in [4.69, 9.17) is 0 Å². The molecule has 1 unspecified atom stereocenters. The van der Waals surface area contributed by atoms with Gasteiger partial charge in [-0.15, -0.1) is 0 Å². The molecule has 130 valence electrons. The van der Waals surface area contributed by atoms with E-state index < -0.39 is 12.0 Å². The molecule has 24 heavy (non-hydrogen) atoms. The van der Waals surface area contributed by atoms with Gasteiger partial charge in [-0.2, -0.15) is 0 Å². The van der Waals surface area contributed by atoms with E-state index >= 15 is 0 Å². The van der Waals surface area contributed by atoms with E-state index in [-0.39, 0.29) is 17.2 Å². The molecule has 0 radical (unpaired) electrons. The van der Waals surface area contributed by atoms with Crippen LogP contribution in [0.15, 0.2) is 18.3 Å². The molecule has 0 saturated carbocycles. The van der Waals surface area contributed by atoms with Crippen LogP contribution in [0.4, 0.5) is 0 Å². The standard InChI is InChI=1S/C17H23N3O4/c1-12(16(23)24)20-11-17(5-4-14(20)21)6-9-19(10-7-17)15(22)13-3-2-8-18-13/h2-3,8,12,18H,4-7,9-11H2,1H3,(H,23,24). The molecule has 0 aromatic carbocycles. The number of H-pyrrole nitrogens is 1. The van der Waals surface area contributed by atoms with Crippen molar-refractivity contribution in [1.82, 2.24) is 14.8 Å². The van der Waals surface area contributed by atoms with Crippen LogP contribution in [0, 0.1) is 5.41 Å². The maximum Gasteiger partial charge on any atom is 0.326 e. The molecule has 1 spiro atoms. The molecule has 7 heteroatoms. The van der Waals surface area contributed by atoms with Crippen molar-refractivity contribution in [3.05, 3.63) is 24.0 Å². The third kappa shape index (κ3) is 3.02. The number of nitrogens with one attached hydrogen (secondary N) is 1. The zero-order valence-electron chi connectivity index (χ0n) is 13.8. The molecule has 2 amide bonds. The Labute approximate surface area is 140 Å². The number of aromatic amines is 1. The number of hydrogen-bond acceptors (Lipinski definition) is 3. The molecule has 2 fully saturated rings. The summed E-state index contributed by atoms with van der Waals surface area (Å²) in [6.07, 6.45) is 4.50. The number of likely N-dealkylation sites (tertiary alicyclic amines) is 2. The van der Waals surface area contributed by atoms with Gasteiger partial charge in [-0.1, -0.05) is 0 Å². The summed E-state index contributed by atoms with van der Waals surface area (Å²) in [6, 6.07) is 2.77. The molecule has 0 bridgehead atoms. The third-order valence-electron chi connectivity index (χ3n) is 5.46. The summed E-state index contributed by atoms with van der Waals surface area (Å²) >= 11 is 0. The van der Waals surface area contributed by atoms with E-state index in [1.165, 1.54) is 4.90 Å². The Kier molecular flexibility index (Phi) is 4.34. The normalized spacial score (nSPS) is 21.8. The van der Waals surface area contributed by atoms with Crippen molar-refractivity contribution >= 4 is 17.8 Å². The van der Waals surface area contributed by atoms with Gasteiger partial charge in [0.25, 0.3) is 5.91 Å². The van der Waals surface area contributed by atoms with Crippen LogP contribution in [0.5, 0.6) is 0 Å². The fourth-order valence-corrected chi connectivity index (χ4v) is 3.76. The van der Waals surface area contributed by atoms with Crippen molar-refractivity contribution in [2.75, 3.05) is 19.6 Å². The van der Waals surface area contributed by atoms with Gasteiger partial charge < -0.3 is 19.9 Å². The molecule has 3 rings (SSSR count). The Bertz CT molecular complexity index is 632. The first-order chi connectivity index (χ1) is 11.4. The summed E-state index contributed by atoms with van der Waals surface area (Å²) in [6.45, 7) is 3.32. The average Bonchev–Trinajstić information content (AvgIpc) is 3.11.